The molecule has 8 atom stereocenters. The number of rotatable bonds is 37. The highest BCUT2D eigenvalue weighted by Crippen LogP contribution is 2.47. The summed E-state index contributed by atoms with van der Waals surface area (Å²) < 4.78 is 33.5. The number of esters is 2. The molecule has 6 N–H and O–H groups in total. The van der Waals surface area contributed by atoms with E-state index in [0.717, 1.165) is 70.6 Å². The first-order valence-corrected chi connectivity index (χ1v) is 23.6. The van der Waals surface area contributed by atoms with E-state index in [1.807, 2.05) is 6.08 Å². The Hall–Kier alpha value is -1.67. The largest absolute Gasteiger partial charge is 0.472 e. The van der Waals surface area contributed by atoms with Gasteiger partial charge in [0.1, 0.15) is 43.2 Å². The van der Waals surface area contributed by atoms with Crippen LogP contribution in [-0.2, 0) is 32.7 Å². The van der Waals surface area contributed by atoms with Gasteiger partial charge in [-0.05, 0) is 51.4 Å². The second kappa shape index (κ2) is 34.1. The number of aliphatic hydroxyl groups excluding tert-OH is 5. The molecule has 14 heteroatoms. The van der Waals surface area contributed by atoms with E-state index in [1.165, 1.54) is 77.0 Å². The number of phosphoric ester groups is 1. The Morgan fingerprint density at radius 3 is 1.46 bits per heavy atom. The normalized spacial score (nSPS) is 22.6. The average Bonchev–Trinajstić information content (AvgIpc) is 3.19. The summed E-state index contributed by atoms with van der Waals surface area (Å²) in [6.45, 7) is 4.80. The number of unbranched alkanes of at least 4 members (excludes halogenated alkanes) is 22. The van der Waals surface area contributed by atoms with Gasteiger partial charge in [0.2, 0.25) is 0 Å². The van der Waals surface area contributed by atoms with Crippen LogP contribution in [0, 0.1) is 0 Å². The molecular weight excluding hydrogens is 755 g/mol. The first-order chi connectivity index (χ1) is 27.4. The molecule has 0 aromatic carbocycles. The molecular formula is C43H79O13P. The number of carbonyl (C=O) groups is 2. The summed E-state index contributed by atoms with van der Waals surface area (Å²) in [5.74, 6) is -1.11. The fourth-order valence-corrected chi connectivity index (χ4v) is 7.76. The third-order valence-corrected chi connectivity index (χ3v) is 11.4. The summed E-state index contributed by atoms with van der Waals surface area (Å²) in [6.07, 6.45) is 21.3. The minimum Gasteiger partial charge on any atom is -0.462 e. The maximum absolute atomic E-state index is 12.8. The van der Waals surface area contributed by atoms with Crippen molar-refractivity contribution >= 4 is 19.8 Å². The fourth-order valence-electron chi connectivity index (χ4n) is 6.79. The van der Waals surface area contributed by atoms with E-state index in [-0.39, 0.29) is 12.8 Å². The highest BCUT2D eigenvalue weighted by atomic mass is 31.2. The zero-order valence-corrected chi connectivity index (χ0v) is 35.9. The molecule has 1 fully saturated rings. The van der Waals surface area contributed by atoms with Crippen molar-refractivity contribution in [2.75, 3.05) is 13.2 Å². The van der Waals surface area contributed by atoms with Crippen molar-refractivity contribution in [2.24, 2.45) is 0 Å². The van der Waals surface area contributed by atoms with Crippen LogP contribution in [0.3, 0.4) is 0 Å². The Morgan fingerprint density at radius 1 is 0.579 bits per heavy atom. The number of allylic oxidation sites excluding steroid dienone is 3. The molecule has 6 unspecified atom stereocenters. The molecule has 0 radical (unpaired) electrons. The number of carbonyl (C=O) groups excluding carboxylic acids is 2. The van der Waals surface area contributed by atoms with E-state index in [1.54, 1.807) is 0 Å². The average molecular weight is 835 g/mol. The summed E-state index contributed by atoms with van der Waals surface area (Å²) in [4.78, 5) is 35.6. The number of hydrogen-bond acceptors (Lipinski definition) is 12. The van der Waals surface area contributed by atoms with E-state index in [0.29, 0.717) is 12.8 Å². The number of aliphatic hydroxyl groups is 5. The minimum atomic E-state index is -5.11. The van der Waals surface area contributed by atoms with Gasteiger partial charge < -0.3 is 39.9 Å². The molecule has 0 aromatic rings. The Morgan fingerprint density at radius 2 is 0.982 bits per heavy atom. The third kappa shape index (κ3) is 26.9. The van der Waals surface area contributed by atoms with Crippen molar-refractivity contribution in [3.8, 4) is 0 Å². The lowest BCUT2D eigenvalue weighted by molar-refractivity contribution is -0.220. The summed E-state index contributed by atoms with van der Waals surface area (Å²) in [5, 5.41) is 50.1. The van der Waals surface area contributed by atoms with Crippen LogP contribution >= 0.6 is 7.82 Å². The van der Waals surface area contributed by atoms with E-state index < -0.39 is 75.7 Å². The predicted molar refractivity (Wildman–Crippen MR) is 221 cm³/mol. The maximum atomic E-state index is 12.8. The van der Waals surface area contributed by atoms with Gasteiger partial charge in [-0.25, -0.2) is 4.57 Å². The van der Waals surface area contributed by atoms with Crippen molar-refractivity contribution in [1.29, 1.82) is 0 Å². The Bertz CT molecular complexity index is 1090. The van der Waals surface area contributed by atoms with Gasteiger partial charge in [-0.15, -0.1) is 6.58 Å². The van der Waals surface area contributed by atoms with Crippen LogP contribution in [0.5, 0.6) is 0 Å². The molecule has 0 aromatic heterocycles. The molecule has 57 heavy (non-hydrogen) atoms. The van der Waals surface area contributed by atoms with Gasteiger partial charge in [0.05, 0.1) is 6.61 Å². The molecule has 1 saturated carbocycles. The van der Waals surface area contributed by atoms with Gasteiger partial charge in [-0.1, -0.05) is 134 Å². The van der Waals surface area contributed by atoms with Gasteiger partial charge in [-0.2, -0.15) is 0 Å². The minimum absolute atomic E-state index is 0.0951. The lowest BCUT2D eigenvalue weighted by atomic mass is 9.85. The van der Waals surface area contributed by atoms with Gasteiger partial charge in [-0.3, -0.25) is 18.6 Å². The summed E-state index contributed by atoms with van der Waals surface area (Å²) >= 11 is 0. The first-order valence-electron chi connectivity index (χ1n) is 22.1. The molecule has 0 spiro atoms. The van der Waals surface area contributed by atoms with Gasteiger partial charge in [0.25, 0.3) is 0 Å². The Kier molecular flexibility index (Phi) is 31.9. The topological polar surface area (TPSA) is 210 Å². The van der Waals surface area contributed by atoms with E-state index in [2.05, 4.69) is 25.7 Å². The second-order valence-electron chi connectivity index (χ2n) is 15.6. The van der Waals surface area contributed by atoms with Crippen molar-refractivity contribution in [2.45, 2.75) is 223 Å². The SMILES string of the molecule is C=CCCCCCCCCCCCCCCCC(=O)O[C@H](COC(=O)CCCCCCC/C=C/CCCCCC)COP(=O)(O)OC1C(O)C(O)C(O)[C@@H](O)C1O. The fraction of sp³-hybridized carbons (Fsp3) is 0.860. The van der Waals surface area contributed by atoms with Gasteiger partial charge >= 0.3 is 19.8 Å². The second-order valence-corrected chi connectivity index (χ2v) is 17.0. The highest BCUT2D eigenvalue weighted by molar-refractivity contribution is 7.47. The number of hydrogen-bond donors (Lipinski definition) is 6. The molecule has 0 bridgehead atoms. The lowest BCUT2D eigenvalue weighted by Crippen LogP contribution is -2.64. The van der Waals surface area contributed by atoms with Crippen LogP contribution in [-0.4, -0.2) is 98.3 Å². The van der Waals surface area contributed by atoms with Crippen molar-refractivity contribution in [3.05, 3.63) is 24.8 Å². The van der Waals surface area contributed by atoms with Crippen LogP contribution in [0.2, 0.25) is 0 Å². The summed E-state index contributed by atoms with van der Waals surface area (Å²) in [5.41, 5.74) is 0. The van der Waals surface area contributed by atoms with Crippen LogP contribution in [0.1, 0.15) is 180 Å². The molecule has 1 aliphatic carbocycles. The van der Waals surface area contributed by atoms with E-state index in [9.17, 15) is 44.6 Å². The standard InChI is InChI=1S/C43H79O13P/c1-3-5-7-9-11-13-15-17-18-20-22-24-26-28-30-32-37(45)55-35(34-54-57(51,52)56-43-41(49)39(47)38(46)40(48)42(43)50)33-53-36(44)31-29-27-25-23-21-19-16-14-12-10-8-6-4-2/h3,14,16,35,38-43,46-50H,1,4-13,15,17-34H2,2H3,(H,51,52)/b16-14+/t35-,38?,39-,40?,41?,42?,43?/m1/s1. The smallest absolute Gasteiger partial charge is 0.462 e. The van der Waals surface area contributed by atoms with Gasteiger partial charge in [0.15, 0.2) is 6.10 Å². The summed E-state index contributed by atoms with van der Waals surface area (Å²) in [6, 6.07) is 0. The van der Waals surface area contributed by atoms with Crippen LogP contribution in [0.4, 0.5) is 0 Å². The highest BCUT2D eigenvalue weighted by Gasteiger charge is 2.51. The summed E-state index contributed by atoms with van der Waals surface area (Å²) in [7, 11) is -5.11. The Labute approximate surface area is 343 Å². The quantitative estimate of drug-likeness (QED) is 0.0152. The molecule has 0 aliphatic heterocycles. The van der Waals surface area contributed by atoms with E-state index >= 15 is 0 Å². The molecule has 0 heterocycles. The van der Waals surface area contributed by atoms with Crippen molar-refractivity contribution in [3.63, 3.8) is 0 Å². The molecule has 0 saturated heterocycles. The van der Waals surface area contributed by atoms with Crippen LogP contribution in [0.25, 0.3) is 0 Å². The molecule has 334 valence electrons. The molecule has 1 rings (SSSR count). The monoisotopic (exact) mass is 835 g/mol. The zero-order chi connectivity index (χ0) is 42.2. The van der Waals surface area contributed by atoms with Crippen molar-refractivity contribution < 1.29 is 63.1 Å². The van der Waals surface area contributed by atoms with Crippen molar-refractivity contribution in [1.82, 2.24) is 0 Å². The molecule has 1 aliphatic rings. The first kappa shape index (κ1) is 53.3. The van der Waals surface area contributed by atoms with Crippen LogP contribution < -0.4 is 0 Å². The number of ether oxygens (including phenoxy) is 2. The third-order valence-electron chi connectivity index (χ3n) is 10.4. The van der Waals surface area contributed by atoms with E-state index in [4.69, 9.17) is 18.5 Å². The van der Waals surface area contributed by atoms with Gasteiger partial charge in [0, 0.05) is 12.8 Å². The predicted octanol–water partition coefficient (Wildman–Crippen LogP) is 8.06. The lowest BCUT2D eigenvalue weighted by Gasteiger charge is -2.41. The number of phosphoric acid groups is 1. The zero-order valence-electron chi connectivity index (χ0n) is 35.0. The Balaban J connectivity index is 2.47. The molecule has 13 nitrogen and oxygen atoms in total. The molecule has 0 amide bonds. The maximum Gasteiger partial charge on any atom is 0.472 e. The van der Waals surface area contributed by atoms with Crippen LogP contribution in [0.15, 0.2) is 24.8 Å².